The van der Waals surface area contributed by atoms with Gasteiger partial charge in [0.05, 0.1) is 50.4 Å². The molecule has 13 heteroatoms. The van der Waals surface area contributed by atoms with Crippen LogP contribution in [0.15, 0.2) is 71.9 Å². The minimum Gasteiger partial charge on any atom is -0.370 e. The van der Waals surface area contributed by atoms with Gasteiger partial charge in [0.1, 0.15) is 6.61 Å². The van der Waals surface area contributed by atoms with Crippen molar-refractivity contribution >= 4 is 81.4 Å². The largest absolute Gasteiger partial charge is 0.370 e. The molecular weight excluding hydrogens is 604 g/mol. The Bertz CT molecular complexity index is 1430. The lowest BCUT2D eigenvalue weighted by Gasteiger charge is -2.12. The van der Waals surface area contributed by atoms with Crippen molar-refractivity contribution in [3.8, 4) is 11.4 Å². The second-order valence-corrected chi connectivity index (χ2v) is 10.5. The minimum absolute atomic E-state index is 0.0380. The summed E-state index contributed by atoms with van der Waals surface area (Å²) in [6, 6.07) is 19.4. The van der Waals surface area contributed by atoms with Crippen LogP contribution in [-0.2, 0) is 20.9 Å². The summed E-state index contributed by atoms with van der Waals surface area (Å²) >= 11 is 25.7. The van der Waals surface area contributed by atoms with E-state index in [1.54, 1.807) is 36.4 Å². The maximum absolute atomic E-state index is 12.6. The predicted molar refractivity (Wildman–Crippen MR) is 157 cm³/mol. The summed E-state index contributed by atoms with van der Waals surface area (Å²) in [4.78, 5) is 25.0. The molecule has 0 atom stereocenters. The Morgan fingerprint density at radius 1 is 0.769 bits per heavy atom. The molecule has 0 fully saturated rings. The summed E-state index contributed by atoms with van der Waals surface area (Å²) in [6.45, 7) is 0.294. The van der Waals surface area contributed by atoms with Crippen LogP contribution in [0, 0.1) is 0 Å². The summed E-state index contributed by atoms with van der Waals surface area (Å²) in [5.74, 6) is -0.0712. The van der Waals surface area contributed by atoms with Gasteiger partial charge in [-0.1, -0.05) is 101 Å². The molecule has 0 unspecified atom stereocenters. The lowest BCUT2D eigenvalue weighted by Crippen LogP contribution is -2.20. The number of para-hydroxylation sites is 2. The molecule has 1 heterocycles. The molecule has 3 aromatic carbocycles. The number of nitrogens with one attached hydrogen (secondary N) is 2. The quantitative estimate of drug-likeness (QED) is 0.138. The van der Waals surface area contributed by atoms with E-state index in [4.69, 9.17) is 51.1 Å². The second-order valence-electron chi connectivity index (χ2n) is 7.95. The van der Waals surface area contributed by atoms with E-state index in [0.29, 0.717) is 49.0 Å². The molecule has 8 nitrogen and oxygen atoms in total. The van der Waals surface area contributed by atoms with Gasteiger partial charge in [0, 0.05) is 5.56 Å². The number of carbonyl (C=O) groups is 2. The van der Waals surface area contributed by atoms with Crippen LogP contribution in [0.4, 0.5) is 11.4 Å². The van der Waals surface area contributed by atoms with E-state index in [2.05, 4.69) is 20.8 Å². The highest BCUT2D eigenvalue weighted by molar-refractivity contribution is 7.99. The number of hydrogen-bond acceptors (Lipinski definition) is 6. The molecule has 0 saturated heterocycles. The van der Waals surface area contributed by atoms with E-state index in [0.717, 1.165) is 5.56 Å². The Morgan fingerprint density at radius 3 is 1.92 bits per heavy atom. The Hall–Kier alpha value is -2.79. The number of thioether (sulfide) groups is 1. The summed E-state index contributed by atoms with van der Waals surface area (Å²) in [7, 11) is 0. The van der Waals surface area contributed by atoms with Crippen molar-refractivity contribution in [1.29, 1.82) is 0 Å². The Kier molecular flexibility index (Phi) is 10.5. The number of amides is 2. The molecule has 4 aromatic rings. The van der Waals surface area contributed by atoms with Crippen LogP contribution in [0.5, 0.6) is 0 Å². The van der Waals surface area contributed by atoms with Crippen LogP contribution in [0.25, 0.3) is 11.4 Å². The van der Waals surface area contributed by atoms with Crippen molar-refractivity contribution in [2.45, 2.75) is 11.7 Å². The highest BCUT2D eigenvalue weighted by atomic mass is 35.5. The first-order valence-corrected chi connectivity index (χ1v) is 14.0. The monoisotopic (exact) mass is 623 g/mol. The number of carbonyl (C=O) groups excluding carboxylic acids is 2. The van der Waals surface area contributed by atoms with Crippen LogP contribution < -0.4 is 10.6 Å². The molecule has 202 valence electrons. The number of benzene rings is 3. The van der Waals surface area contributed by atoms with Gasteiger partial charge < -0.3 is 15.4 Å². The van der Waals surface area contributed by atoms with E-state index in [1.165, 1.54) is 11.8 Å². The first kappa shape index (κ1) is 29.2. The zero-order valence-electron chi connectivity index (χ0n) is 20.2. The number of halogens is 4. The molecule has 1 aromatic heterocycles. The van der Waals surface area contributed by atoms with Gasteiger partial charge in [-0.3, -0.25) is 14.2 Å². The standard InChI is InChI=1S/C26H21Cl4N5O3S/c27-17-8-4-9-18(28)23(17)31-21(36)14-38-13-12-35-25(16-6-2-1-3-7-16)33-34-26(35)39-15-22(37)32-24-19(29)10-5-11-20(24)30/h1-11H,12-15H2,(H,31,36)(H,32,37). The number of aromatic nitrogens is 3. The maximum Gasteiger partial charge on any atom is 0.250 e. The number of ether oxygens (including phenoxy) is 1. The van der Waals surface area contributed by atoms with Crippen molar-refractivity contribution in [2.75, 3.05) is 29.6 Å². The molecule has 0 aliphatic carbocycles. The van der Waals surface area contributed by atoms with E-state index in [9.17, 15) is 9.59 Å². The van der Waals surface area contributed by atoms with Gasteiger partial charge >= 0.3 is 0 Å². The molecule has 2 amide bonds. The summed E-state index contributed by atoms with van der Waals surface area (Å²) in [5.41, 5.74) is 1.52. The van der Waals surface area contributed by atoms with Crippen molar-refractivity contribution in [3.63, 3.8) is 0 Å². The Balaban J connectivity index is 1.39. The summed E-state index contributed by atoms with van der Waals surface area (Å²) in [5, 5.41) is 15.8. The van der Waals surface area contributed by atoms with E-state index < -0.39 is 5.91 Å². The first-order valence-electron chi connectivity index (χ1n) is 11.5. The second kappa shape index (κ2) is 14.0. The van der Waals surface area contributed by atoms with Crippen LogP contribution in [0.1, 0.15) is 0 Å². The SMILES string of the molecule is O=C(COCCn1c(SCC(=O)Nc2c(Cl)cccc2Cl)nnc1-c1ccccc1)Nc1c(Cl)cccc1Cl. The van der Waals surface area contributed by atoms with Crippen molar-refractivity contribution in [2.24, 2.45) is 0 Å². The molecule has 2 N–H and O–H groups in total. The molecule has 0 radical (unpaired) electrons. The molecule has 39 heavy (non-hydrogen) atoms. The van der Waals surface area contributed by atoms with E-state index >= 15 is 0 Å². The molecule has 0 aliphatic heterocycles. The predicted octanol–water partition coefficient (Wildman–Crippen LogP) is 6.94. The zero-order valence-corrected chi connectivity index (χ0v) is 24.0. The molecule has 0 aliphatic rings. The van der Waals surface area contributed by atoms with Gasteiger partial charge in [-0.25, -0.2) is 0 Å². The normalized spacial score (nSPS) is 10.9. The van der Waals surface area contributed by atoms with Crippen LogP contribution in [0.3, 0.4) is 0 Å². The zero-order chi connectivity index (χ0) is 27.8. The highest BCUT2D eigenvalue weighted by Crippen LogP contribution is 2.31. The third-order valence-electron chi connectivity index (χ3n) is 5.23. The lowest BCUT2D eigenvalue weighted by molar-refractivity contribution is -0.120. The molecule has 0 bridgehead atoms. The van der Waals surface area contributed by atoms with Gasteiger partial charge in [0.2, 0.25) is 11.8 Å². The molecular formula is C26H21Cl4N5O3S. The first-order chi connectivity index (χ1) is 18.8. The third kappa shape index (κ3) is 7.88. The average Bonchev–Trinajstić information content (AvgIpc) is 3.33. The minimum atomic E-state index is -0.401. The maximum atomic E-state index is 12.6. The fraction of sp³-hybridized carbons (Fsp3) is 0.154. The van der Waals surface area contributed by atoms with Gasteiger partial charge in [0.15, 0.2) is 11.0 Å². The van der Waals surface area contributed by atoms with Gasteiger partial charge in [-0.05, 0) is 24.3 Å². The number of hydrogen-bond donors (Lipinski definition) is 2. The number of nitrogens with zero attached hydrogens (tertiary/aromatic N) is 3. The van der Waals surface area contributed by atoms with Crippen LogP contribution in [-0.4, -0.2) is 45.5 Å². The lowest BCUT2D eigenvalue weighted by atomic mass is 10.2. The number of anilines is 2. The highest BCUT2D eigenvalue weighted by Gasteiger charge is 2.17. The van der Waals surface area contributed by atoms with E-state index in [1.807, 2.05) is 34.9 Å². The molecule has 4 rings (SSSR count). The fourth-order valence-corrected chi connectivity index (χ4v) is 5.18. The Morgan fingerprint density at radius 2 is 1.33 bits per heavy atom. The average molecular weight is 625 g/mol. The van der Waals surface area contributed by atoms with Gasteiger partial charge in [-0.2, -0.15) is 0 Å². The Labute approximate surface area is 248 Å². The van der Waals surface area contributed by atoms with Crippen LogP contribution >= 0.6 is 58.2 Å². The van der Waals surface area contributed by atoms with Crippen molar-refractivity contribution in [1.82, 2.24) is 14.8 Å². The smallest absolute Gasteiger partial charge is 0.250 e. The molecule has 0 spiro atoms. The third-order valence-corrected chi connectivity index (χ3v) is 7.45. The topological polar surface area (TPSA) is 98.1 Å². The van der Waals surface area contributed by atoms with Gasteiger partial charge in [0.25, 0.3) is 0 Å². The van der Waals surface area contributed by atoms with Crippen molar-refractivity contribution < 1.29 is 14.3 Å². The molecule has 0 saturated carbocycles. The van der Waals surface area contributed by atoms with Gasteiger partial charge in [-0.15, -0.1) is 10.2 Å². The fourth-order valence-electron chi connectivity index (χ4n) is 3.43. The summed E-state index contributed by atoms with van der Waals surface area (Å²) in [6.07, 6.45) is 0. The van der Waals surface area contributed by atoms with E-state index in [-0.39, 0.29) is 24.9 Å². The van der Waals surface area contributed by atoms with Crippen LogP contribution in [0.2, 0.25) is 20.1 Å². The number of rotatable bonds is 11. The van der Waals surface area contributed by atoms with Crippen molar-refractivity contribution in [3.05, 3.63) is 86.8 Å². The summed E-state index contributed by atoms with van der Waals surface area (Å²) < 4.78 is 7.44.